The van der Waals surface area contributed by atoms with Crippen LogP contribution in [-0.4, -0.2) is 44.8 Å². The lowest BCUT2D eigenvalue weighted by Gasteiger charge is -2.15. The standard InChI is InChI=1S/C9H11FN2O5/c10-6-7(15)4(3-13)17-8(6)12-2-1-5(14)11-9(12)16/h1-2,4,6-8,13,15H,3H2,(H,11,14,16)/t4-,6-,7-,8-/m1/s1. The van der Waals surface area contributed by atoms with Gasteiger partial charge in [-0.1, -0.05) is 0 Å². The summed E-state index contributed by atoms with van der Waals surface area (Å²) in [7, 11) is 0. The molecule has 3 N–H and O–H groups in total. The third kappa shape index (κ3) is 2.02. The zero-order valence-electron chi connectivity index (χ0n) is 8.62. The van der Waals surface area contributed by atoms with Crippen molar-refractivity contribution in [2.24, 2.45) is 0 Å². The van der Waals surface area contributed by atoms with E-state index in [-0.39, 0.29) is 0 Å². The molecule has 0 radical (unpaired) electrons. The summed E-state index contributed by atoms with van der Waals surface area (Å²) in [6.07, 6.45) is -4.73. The molecule has 1 aromatic heterocycles. The second kappa shape index (κ2) is 4.40. The Kier molecular flexibility index (Phi) is 3.09. The van der Waals surface area contributed by atoms with Gasteiger partial charge >= 0.3 is 5.69 Å². The Morgan fingerprint density at radius 2 is 2.24 bits per heavy atom. The number of nitrogens with zero attached hydrogens (tertiary/aromatic N) is 1. The molecular weight excluding hydrogens is 235 g/mol. The molecule has 2 heterocycles. The van der Waals surface area contributed by atoms with Gasteiger partial charge in [0.2, 0.25) is 0 Å². The van der Waals surface area contributed by atoms with Gasteiger partial charge in [0.05, 0.1) is 6.61 Å². The van der Waals surface area contributed by atoms with Crippen molar-refractivity contribution >= 4 is 0 Å². The van der Waals surface area contributed by atoms with Gasteiger partial charge in [-0.3, -0.25) is 14.3 Å². The summed E-state index contributed by atoms with van der Waals surface area (Å²) < 4.78 is 19.5. The Labute approximate surface area is 94.1 Å². The van der Waals surface area contributed by atoms with E-state index in [1.165, 1.54) is 0 Å². The average Bonchev–Trinajstić information content (AvgIpc) is 2.57. The van der Waals surface area contributed by atoms with E-state index in [1.54, 1.807) is 0 Å². The molecule has 0 spiro atoms. The molecule has 1 aliphatic rings. The van der Waals surface area contributed by atoms with E-state index >= 15 is 0 Å². The van der Waals surface area contributed by atoms with Crippen molar-refractivity contribution in [2.45, 2.75) is 24.6 Å². The molecule has 4 atom stereocenters. The van der Waals surface area contributed by atoms with Gasteiger partial charge in [0, 0.05) is 12.3 Å². The first kappa shape index (κ1) is 12.0. The summed E-state index contributed by atoms with van der Waals surface area (Å²) in [5, 5.41) is 18.2. The van der Waals surface area contributed by atoms with E-state index in [0.29, 0.717) is 0 Å². The van der Waals surface area contributed by atoms with Gasteiger partial charge in [-0.05, 0) is 0 Å². The van der Waals surface area contributed by atoms with E-state index < -0.39 is 42.5 Å². The highest BCUT2D eigenvalue weighted by molar-refractivity contribution is 4.93. The number of aliphatic hydroxyl groups excluding tert-OH is 2. The van der Waals surface area contributed by atoms with Crippen LogP contribution in [0.1, 0.15) is 6.23 Å². The number of rotatable bonds is 2. The fraction of sp³-hybridized carbons (Fsp3) is 0.556. The molecule has 1 aromatic rings. The van der Waals surface area contributed by atoms with Gasteiger partial charge in [-0.2, -0.15) is 0 Å². The van der Waals surface area contributed by atoms with Gasteiger partial charge in [-0.25, -0.2) is 9.18 Å². The molecule has 8 heteroatoms. The van der Waals surface area contributed by atoms with Crippen molar-refractivity contribution in [3.8, 4) is 0 Å². The number of H-pyrrole nitrogens is 1. The fourth-order valence-corrected chi connectivity index (χ4v) is 1.71. The minimum absolute atomic E-state index is 0.559. The summed E-state index contributed by atoms with van der Waals surface area (Å²) >= 11 is 0. The number of aliphatic hydroxyl groups is 2. The summed E-state index contributed by atoms with van der Waals surface area (Å²) in [4.78, 5) is 24.2. The molecule has 17 heavy (non-hydrogen) atoms. The molecule has 2 rings (SSSR count). The third-order valence-electron chi connectivity index (χ3n) is 2.60. The zero-order valence-corrected chi connectivity index (χ0v) is 8.62. The van der Waals surface area contributed by atoms with Crippen LogP contribution in [0.25, 0.3) is 0 Å². The molecule has 0 bridgehead atoms. The minimum atomic E-state index is -1.85. The Balaban J connectivity index is 2.35. The highest BCUT2D eigenvalue weighted by Gasteiger charge is 2.45. The second-order valence-corrected chi connectivity index (χ2v) is 3.70. The van der Waals surface area contributed by atoms with Crippen molar-refractivity contribution < 1.29 is 19.3 Å². The molecule has 7 nitrogen and oxygen atoms in total. The molecule has 1 fully saturated rings. The lowest BCUT2D eigenvalue weighted by molar-refractivity contribution is -0.0491. The van der Waals surface area contributed by atoms with Crippen LogP contribution in [0, 0.1) is 0 Å². The van der Waals surface area contributed by atoms with Crippen molar-refractivity contribution in [3.63, 3.8) is 0 Å². The van der Waals surface area contributed by atoms with E-state index in [4.69, 9.17) is 9.84 Å². The number of alkyl halides is 1. The van der Waals surface area contributed by atoms with Gasteiger partial charge in [0.15, 0.2) is 12.4 Å². The van der Waals surface area contributed by atoms with E-state index in [9.17, 15) is 19.1 Å². The summed E-state index contributed by atoms with van der Waals surface area (Å²) in [6, 6.07) is 1.04. The largest absolute Gasteiger partial charge is 0.394 e. The van der Waals surface area contributed by atoms with Gasteiger partial charge in [0.1, 0.15) is 12.2 Å². The van der Waals surface area contributed by atoms with Crippen molar-refractivity contribution in [3.05, 3.63) is 33.1 Å². The van der Waals surface area contributed by atoms with Gasteiger partial charge in [-0.15, -0.1) is 0 Å². The number of aromatic nitrogens is 2. The molecule has 0 aromatic carbocycles. The molecule has 1 aliphatic heterocycles. The Hall–Kier alpha value is -1.51. The molecular formula is C9H11FN2O5. The predicted octanol–water partition coefficient (Wildman–Crippen LogP) is -1.87. The zero-order chi connectivity index (χ0) is 12.6. The van der Waals surface area contributed by atoms with Crippen LogP contribution in [-0.2, 0) is 4.74 Å². The number of nitrogens with one attached hydrogen (secondary N) is 1. The number of aromatic amines is 1. The van der Waals surface area contributed by atoms with Crippen LogP contribution in [0.4, 0.5) is 4.39 Å². The number of halogens is 1. The van der Waals surface area contributed by atoms with Gasteiger partial charge in [0.25, 0.3) is 5.56 Å². The number of ether oxygens (including phenoxy) is 1. The molecule has 0 aliphatic carbocycles. The lowest BCUT2D eigenvalue weighted by atomic mass is 10.1. The van der Waals surface area contributed by atoms with Crippen LogP contribution < -0.4 is 11.2 Å². The summed E-state index contributed by atoms with van der Waals surface area (Å²) in [5.41, 5.74) is -1.45. The molecule has 0 amide bonds. The topological polar surface area (TPSA) is 105 Å². The maximum absolute atomic E-state index is 13.6. The van der Waals surface area contributed by atoms with Crippen LogP contribution in [0.5, 0.6) is 0 Å². The van der Waals surface area contributed by atoms with Crippen LogP contribution >= 0.6 is 0 Å². The molecule has 0 saturated carbocycles. The summed E-state index contributed by atoms with van der Waals surface area (Å²) in [5.74, 6) is 0. The maximum atomic E-state index is 13.6. The predicted molar refractivity (Wildman–Crippen MR) is 53.2 cm³/mol. The van der Waals surface area contributed by atoms with Crippen molar-refractivity contribution in [2.75, 3.05) is 6.61 Å². The average molecular weight is 246 g/mol. The van der Waals surface area contributed by atoms with Crippen molar-refractivity contribution in [1.29, 1.82) is 0 Å². The SMILES string of the molecule is O=c1ccn([C@@H]2O[C@H](CO)[C@@H](O)[C@H]2F)c(=O)[nH]1. The summed E-state index contributed by atoms with van der Waals surface area (Å²) in [6.45, 7) is -0.559. The maximum Gasteiger partial charge on any atom is 0.330 e. The number of hydrogen-bond acceptors (Lipinski definition) is 5. The van der Waals surface area contributed by atoms with Crippen LogP contribution in [0.3, 0.4) is 0 Å². The quantitative estimate of drug-likeness (QED) is 0.567. The smallest absolute Gasteiger partial charge is 0.330 e. The fourth-order valence-electron chi connectivity index (χ4n) is 1.71. The van der Waals surface area contributed by atoms with E-state index in [0.717, 1.165) is 16.8 Å². The molecule has 94 valence electrons. The van der Waals surface area contributed by atoms with Crippen molar-refractivity contribution in [1.82, 2.24) is 9.55 Å². The first-order chi connectivity index (χ1) is 8.04. The molecule has 1 saturated heterocycles. The Morgan fingerprint density at radius 3 is 2.76 bits per heavy atom. The Bertz CT molecular complexity index is 513. The second-order valence-electron chi connectivity index (χ2n) is 3.70. The monoisotopic (exact) mass is 246 g/mol. The third-order valence-corrected chi connectivity index (χ3v) is 2.60. The lowest BCUT2D eigenvalue weighted by Crippen LogP contribution is -2.35. The van der Waals surface area contributed by atoms with Crippen LogP contribution in [0.2, 0.25) is 0 Å². The van der Waals surface area contributed by atoms with Gasteiger partial charge < -0.3 is 14.9 Å². The first-order valence-electron chi connectivity index (χ1n) is 4.94. The highest BCUT2D eigenvalue weighted by atomic mass is 19.1. The molecule has 0 unspecified atom stereocenters. The Morgan fingerprint density at radius 1 is 1.53 bits per heavy atom. The van der Waals surface area contributed by atoms with E-state index in [1.807, 2.05) is 4.98 Å². The normalized spacial score (nSPS) is 32.9. The van der Waals surface area contributed by atoms with Crippen LogP contribution in [0.15, 0.2) is 21.9 Å². The highest BCUT2D eigenvalue weighted by Crippen LogP contribution is 2.30. The van der Waals surface area contributed by atoms with E-state index in [2.05, 4.69) is 0 Å². The first-order valence-corrected chi connectivity index (χ1v) is 4.94. The minimum Gasteiger partial charge on any atom is -0.394 e. The number of hydrogen-bond donors (Lipinski definition) is 3.